The normalized spacial score (nSPS) is 11.8. The largest absolute Gasteiger partial charge is 0.456 e. The number of nitrogens with zero attached hydrogens (tertiary/aromatic N) is 2. The highest BCUT2D eigenvalue weighted by Crippen LogP contribution is 2.43. The Hall–Kier alpha value is -7.11. The highest BCUT2D eigenvalue weighted by atomic mass is 16.4. The van der Waals surface area contributed by atoms with Gasteiger partial charge in [-0.1, -0.05) is 91.0 Å². The van der Waals surface area contributed by atoms with Gasteiger partial charge in [0.2, 0.25) is 5.89 Å². The molecule has 0 radical (unpaired) electrons. The van der Waals surface area contributed by atoms with Crippen molar-refractivity contribution in [3.05, 3.63) is 170 Å². The van der Waals surface area contributed by atoms with Crippen LogP contribution in [0.4, 0.5) is 17.1 Å². The number of anilines is 3. The van der Waals surface area contributed by atoms with Crippen LogP contribution >= 0.6 is 0 Å². The Bertz CT molecular complexity index is 3130. The zero-order valence-electron chi connectivity index (χ0n) is 27.8. The van der Waals surface area contributed by atoms with Crippen LogP contribution in [0.15, 0.2) is 183 Å². The average molecular weight is 669 g/mol. The van der Waals surface area contributed by atoms with Gasteiger partial charge in [-0.3, -0.25) is 0 Å². The van der Waals surface area contributed by atoms with Crippen LogP contribution in [0.2, 0.25) is 0 Å². The average Bonchev–Trinajstić information content (AvgIpc) is 3.91. The number of rotatable bonds is 5. The Labute approximate surface area is 297 Å². The molecule has 52 heavy (non-hydrogen) atoms. The predicted molar refractivity (Wildman–Crippen MR) is 212 cm³/mol. The minimum atomic E-state index is 0.574. The lowest BCUT2D eigenvalue weighted by Crippen LogP contribution is -2.10. The lowest BCUT2D eigenvalue weighted by Gasteiger charge is -2.26. The van der Waals surface area contributed by atoms with Crippen molar-refractivity contribution in [2.45, 2.75) is 0 Å². The van der Waals surface area contributed by atoms with Crippen LogP contribution in [0.1, 0.15) is 0 Å². The molecule has 11 rings (SSSR count). The number of benzene rings is 8. The molecular formula is C47H28N2O3. The van der Waals surface area contributed by atoms with E-state index in [1.54, 1.807) is 0 Å². The van der Waals surface area contributed by atoms with E-state index in [2.05, 4.69) is 120 Å². The fourth-order valence-corrected chi connectivity index (χ4v) is 7.71. The first-order chi connectivity index (χ1) is 25.7. The van der Waals surface area contributed by atoms with E-state index < -0.39 is 0 Å². The minimum Gasteiger partial charge on any atom is -0.456 e. The molecule has 0 aliphatic heterocycles. The Kier molecular flexibility index (Phi) is 6.18. The van der Waals surface area contributed by atoms with Gasteiger partial charge < -0.3 is 18.2 Å². The van der Waals surface area contributed by atoms with Gasteiger partial charge >= 0.3 is 0 Å². The van der Waals surface area contributed by atoms with Crippen LogP contribution < -0.4 is 4.90 Å². The fourth-order valence-electron chi connectivity index (χ4n) is 7.71. The molecule has 0 spiro atoms. The van der Waals surface area contributed by atoms with Crippen molar-refractivity contribution >= 4 is 82.8 Å². The first kappa shape index (κ1) is 28.7. The van der Waals surface area contributed by atoms with E-state index in [1.165, 1.54) is 16.3 Å². The maximum atomic E-state index is 6.59. The second-order valence-electron chi connectivity index (χ2n) is 13.1. The molecule has 8 aromatic carbocycles. The van der Waals surface area contributed by atoms with Gasteiger partial charge in [0, 0.05) is 56.3 Å². The molecular weight excluding hydrogens is 641 g/mol. The third-order valence-corrected chi connectivity index (χ3v) is 10.1. The molecule has 0 aliphatic carbocycles. The third kappa shape index (κ3) is 4.46. The molecule has 0 saturated carbocycles. The van der Waals surface area contributed by atoms with Crippen molar-refractivity contribution in [2.75, 3.05) is 4.90 Å². The van der Waals surface area contributed by atoms with Gasteiger partial charge in [0.05, 0.1) is 0 Å². The van der Waals surface area contributed by atoms with Crippen LogP contribution in [-0.2, 0) is 0 Å². The monoisotopic (exact) mass is 668 g/mol. The molecule has 0 unspecified atom stereocenters. The number of furan rings is 2. The molecule has 11 aromatic rings. The number of aromatic nitrogens is 1. The molecule has 5 heteroatoms. The number of hydrogen-bond acceptors (Lipinski definition) is 5. The summed E-state index contributed by atoms with van der Waals surface area (Å²) >= 11 is 0. The quantitative estimate of drug-likeness (QED) is 0.183. The van der Waals surface area contributed by atoms with Crippen molar-refractivity contribution in [2.24, 2.45) is 0 Å². The molecule has 0 fully saturated rings. The molecule has 0 N–H and O–H groups in total. The van der Waals surface area contributed by atoms with E-state index in [1.807, 2.05) is 54.6 Å². The number of oxazole rings is 1. The standard InChI is InChI=1S/C47H28N2O3/c1-2-14-34-29(10-1)11-8-16-35(34)30-12-7-13-31(26-30)49(32-22-24-37-36-15-3-5-19-41(36)50-44(37)27-32)33-23-25-38-45(28-33)51-43-21-9-17-39(46(38)43)47-48-40-18-4-6-20-42(40)52-47/h1-28H. The second kappa shape index (κ2) is 11.2. The minimum absolute atomic E-state index is 0.574. The molecule has 3 heterocycles. The van der Waals surface area contributed by atoms with Crippen LogP contribution in [0.3, 0.4) is 0 Å². The summed E-state index contributed by atoms with van der Waals surface area (Å²) in [7, 11) is 0. The third-order valence-electron chi connectivity index (χ3n) is 10.1. The second-order valence-corrected chi connectivity index (χ2v) is 13.1. The van der Waals surface area contributed by atoms with Gasteiger partial charge in [-0.25, -0.2) is 4.98 Å². The zero-order valence-corrected chi connectivity index (χ0v) is 27.8. The van der Waals surface area contributed by atoms with Gasteiger partial charge in [0.25, 0.3) is 0 Å². The Balaban J connectivity index is 1.11. The fraction of sp³-hybridized carbons (Fsp3) is 0. The molecule has 3 aromatic heterocycles. The van der Waals surface area contributed by atoms with Gasteiger partial charge in [0.1, 0.15) is 27.8 Å². The SMILES string of the molecule is c1cc(-c2cccc3ccccc23)cc(N(c2ccc3c(c2)oc2ccccc23)c2ccc3c(c2)oc2cccc(-c4nc5ccccc5o4)c23)c1. The molecule has 0 atom stereocenters. The maximum absolute atomic E-state index is 6.59. The predicted octanol–water partition coefficient (Wildman–Crippen LogP) is 13.6. The maximum Gasteiger partial charge on any atom is 0.228 e. The molecule has 0 bridgehead atoms. The first-order valence-electron chi connectivity index (χ1n) is 17.4. The zero-order chi connectivity index (χ0) is 34.2. The van der Waals surface area contributed by atoms with E-state index in [0.29, 0.717) is 5.89 Å². The Morgan fingerprint density at radius 1 is 0.385 bits per heavy atom. The van der Waals surface area contributed by atoms with E-state index in [-0.39, 0.29) is 0 Å². The summed E-state index contributed by atoms with van der Waals surface area (Å²) in [5, 5.41) is 6.59. The summed E-state index contributed by atoms with van der Waals surface area (Å²) in [6, 6.07) is 58.7. The number of para-hydroxylation sites is 3. The highest BCUT2D eigenvalue weighted by molar-refractivity contribution is 6.13. The number of fused-ring (bicyclic) bond motifs is 8. The lowest BCUT2D eigenvalue weighted by molar-refractivity contribution is 0.620. The topological polar surface area (TPSA) is 55.6 Å². The first-order valence-corrected chi connectivity index (χ1v) is 17.4. The van der Waals surface area contributed by atoms with E-state index in [9.17, 15) is 0 Å². The van der Waals surface area contributed by atoms with Crippen molar-refractivity contribution in [1.29, 1.82) is 0 Å². The molecule has 244 valence electrons. The highest BCUT2D eigenvalue weighted by Gasteiger charge is 2.21. The Morgan fingerprint density at radius 3 is 1.88 bits per heavy atom. The smallest absolute Gasteiger partial charge is 0.228 e. The van der Waals surface area contributed by atoms with Crippen LogP contribution in [0, 0.1) is 0 Å². The van der Waals surface area contributed by atoms with Crippen LogP contribution in [0.25, 0.3) is 88.3 Å². The van der Waals surface area contributed by atoms with Crippen molar-refractivity contribution in [1.82, 2.24) is 4.98 Å². The van der Waals surface area contributed by atoms with Gasteiger partial charge in [-0.2, -0.15) is 0 Å². The van der Waals surface area contributed by atoms with Crippen molar-refractivity contribution < 1.29 is 13.3 Å². The van der Waals surface area contributed by atoms with Gasteiger partial charge in [-0.05, 0) is 88.6 Å². The van der Waals surface area contributed by atoms with Crippen molar-refractivity contribution in [3.8, 4) is 22.6 Å². The van der Waals surface area contributed by atoms with Crippen LogP contribution in [0.5, 0.6) is 0 Å². The van der Waals surface area contributed by atoms with E-state index >= 15 is 0 Å². The lowest BCUT2D eigenvalue weighted by atomic mass is 9.97. The van der Waals surface area contributed by atoms with Crippen LogP contribution in [-0.4, -0.2) is 4.98 Å². The molecule has 0 aliphatic rings. The summed E-state index contributed by atoms with van der Waals surface area (Å²) in [6.07, 6.45) is 0. The summed E-state index contributed by atoms with van der Waals surface area (Å²) < 4.78 is 19.2. The summed E-state index contributed by atoms with van der Waals surface area (Å²) in [4.78, 5) is 7.09. The van der Waals surface area contributed by atoms with Crippen molar-refractivity contribution in [3.63, 3.8) is 0 Å². The molecule has 0 amide bonds. The van der Waals surface area contributed by atoms with E-state index in [4.69, 9.17) is 18.2 Å². The van der Waals surface area contributed by atoms with E-state index in [0.717, 1.165) is 83.2 Å². The number of hydrogen-bond donors (Lipinski definition) is 0. The molecule has 0 saturated heterocycles. The molecule has 5 nitrogen and oxygen atoms in total. The summed E-state index contributed by atoms with van der Waals surface area (Å²) in [6.45, 7) is 0. The Morgan fingerprint density at radius 2 is 1.00 bits per heavy atom. The van der Waals surface area contributed by atoms with Gasteiger partial charge in [-0.15, -0.1) is 0 Å². The summed E-state index contributed by atoms with van der Waals surface area (Å²) in [5.74, 6) is 0.574. The van der Waals surface area contributed by atoms with Gasteiger partial charge in [0.15, 0.2) is 5.58 Å². The summed E-state index contributed by atoms with van der Waals surface area (Å²) in [5.41, 5.74) is 11.0.